The van der Waals surface area contributed by atoms with Crippen LogP contribution in [0.15, 0.2) is 60.7 Å². The molecule has 3 aromatic carbocycles. The van der Waals surface area contributed by atoms with Gasteiger partial charge in [0.25, 0.3) is 11.8 Å². The number of carbonyl (C=O) groups is 3. The third kappa shape index (κ3) is 4.21. The highest BCUT2D eigenvalue weighted by molar-refractivity contribution is 6.08. The van der Waals surface area contributed by atoms with E-state index < -0.39 is 24.3 Å². The van der Waals surface area contributed by atoms with Gasteiger partial charge in [-0.3, -0.25) is 14.4 Å². The van der Waals surface area contributed by atoms with Gasteiger partial charge >= 0.3 is 5.97 Å². The lowest BCUT2D eigenvalue weighted by molar-refractivity contribution is -0.135. The summed E-state index contributed by atoms with van der Waals surface area (Å²) in [6, 6.07) is 16.5. The van der Waals surface area contributed by atoms with Gasteiger partial charge < -0.3 is 20.8 Å². The highest BCUT2D eigenvalue weighted by Gasteiger charge is 2.13. The van der Waals surface area contributed by atoms with E-state index in [1.54, 1.807) is 6.07 Å². The van der Waals surface area contributed by atoms with Crippen LogP contribution in [0.25, 0.3) is 10.8 Å². The number of phenols is 1. The number of aliphatic carboxylic acids is 1. The summed E-state index contributed by atoms with van der Waals surface area (Å²) in [6.07, 6.45) is 0. The Morgan fingerprint density at radius 1 is 0.852 bits per heavy atom. The molecule has 0 heterocycles. The fraction of sp³-hybridized carbons (Fsp3) is 0.0500. The highest BCUT2D eigenvalue weighted by Crippen LogP contribution is 2.25. The summed E-state index contributed by atoms with van der Waals surface area (Å²) in [5.41, 5.74) is 0.835. The quantitative estimate of drug-likeness (QED) is 0.555. The van der Waals surface area contributed by atoms with Crippen LogP contribution in [0.2, 0.25) is 0 Å². The highest BCUT2D eigenvalue weighted by atomic mass is 16.4. The molecule has 0 aliphatic rings. The van der Waals surface area contributed by atoms with Crippen LogP contribution in [0.3, 0.4) is 0 Å². The maximum atomic E-state index is 12.5. The molecule has 0 aliphatic carbocycles. The molecule has 0 aliphatic heterocycles. The molecule has 0 saturated carbocycles. The van der Waals surface area contributed by atoms with E-state index in [2.05, 4.69) is 10.6 Å². The molecule has 0 aromatic heterocycles. The van der Waals surface area contributed by atoms with Crippen LogP contribution in [-0.2, 0) is 4.79 Å². The van der Waals surface area contributed by atoms with Crippen molar-refractivity contribution >= 4 is 34.2 Å². The predicted molar refractivity (Wildman–Crippen MR) is 100.0 cm³/mol. The second-order valence-electron chi connectivity index (χ2n) is 5.82. The van der Waals surface area contributed by atoms with Crippen molar-refractivity contribution in [3.8, 4) is 5.75 Å². The van der Waals surface area contributed by atoms with Gasteiger partial charge in [0, 0.05) is 11.3 Å². The summed E-state index contributed by atoms with van der Waals surface area (Å²) in [7, 11) is 0. The van der Waals surface area contributed by atoms with Gasteiger partial charge in [0.2, 0.25) is 0 Å². The molecule has 7 heteroatoms. The summed E-state index contributed by atoms with van der Waals surface area (Å²) >= 11 is 0. The third-order valence-corrected chi connectivity index (χ3v) is 3.91. The second kappa shape index (κ2) is 7.57. The van der Waals surface area contributed by atoms with E-state index >= 15 is 0 Å². The van der Waals surface area contributed by atoms with Crippen LogP contribution in [0.5, 0.6) is 5.75 Å². The van der Waals surface area contributed by atoms with Crippen molar-refractivity contribution < 1.29 is 24.6 Å². The van der Waals surface area contributed by atoms with E-state index in [0.717, 1.165) is 10.8 Å². The SMILES string of the molecule is O=C(O)CNC(=O)c1ccc(NC(=O)c2cc3ccccc3cc2O)cc1. The van der Waals surface area contributed by atoms with Crippen molar-refractivity contribution in [2.45, 2.75) is 0 Å². The molecule has 0 atom stereocenters. The standard InChI is InChI=1S/C20H16N2O5/c23-17-10-14-4-2-1-3-13(14)9-16(17)20(27)22-15-7-5-12(6-8-15)19(26)21-11-18(24)25/h1-10,23H,11H2,(H,21,26)(H,22,27)(H,24,25). The van der Waals surface area contributed by atoms with E-state index in [4.69, 9.17) is 5.11 Å². The number of carbonyl (C=O) groups excluding carboxylic acids is 2. The van der Waals surface area contributed by atoms with Gasteiger partial charge in [-0.25, -0.2) is 0 Å². The van der Waals surface area contributed by atoms with Crippen LogP contribution in [-0.4, -0.2) is 34.5 Å². The second-order valence-corrected chi connectivity index (χ2v) is 5.82. The fourth-order valence-corrected chi connectivity index (χ4v) is 2.57. The molecule has 0 bridgehead atoms. The first-order chi connectivity index (χ1) is 12.9. The summed E-state index contributed by atoms with van der Waals surface area (Å²) in [5.74, 6) is -2.28. The average molecular weight is 364 g/mol. The zero-order valence-corrected chi connectivity index (χ0v) is 14.1. The van der Waals surface area contributed by atoms with E-state index in [0.29, 0.717) is 5.69 Å². The Labute approximate surface area is 154 Å². The van der Waals surface area contributed by atoms with E-state index in [9.17, 15) is 19.5 Å². The first-order valence-corrected chi connectivity index (χ1v) is 8.07. The summed E-state index contributed by atoms with van der Waals surface area (Å²) in [5, 5.41) is 25.2. The lowest BCUT2D eigenvalue weighted by Crippen LogP contribution is -2.29. The fourth-order valence-electron chi connectivity index (χ4n) is 2.57. The van der Waals surface area contributed by atoms with Gasteiger partial charge in [-0.05, 0) is 47.2 Å². The van der Waals surface area contributed by atoms with Gasteiger partial charge in [-0.2, -0.15) is 0 Å². The van der Waals surface area contributed by atoms with Crippen molar-refractivity contribution in [3.05, 3.63) is 71.8 Å². The Morgan fingerprint density at radius 2 is 1.48 bits per heavy atom. The van der Waals surface area contributed by atoms with E-state index in [-0.39, 0.29) is 16.9 Å². The number of carboxylic acid groups (broad SMARTS) is 1. The van der Waals surface area contributed by atoms with Crippen molar-refractivity contribution in [2.75, 3.05) is 11.9 Å². The number of hydrogen-bond acceptors (Lipinski definition) is 4. The zero-order valence-electron chi connectivity index (χ0n) is 14.1. The Morgan fingerprint density at radius 3 is 2.11 bits per heavy atom. The van der Waals surface area contributed by atoms with Crippen LogP contribution >= 0.6 is 0 Å². The number of amides is 2. The average Bonchev–Trinajstić information content (AvgIpc) is 2.66. The van der Waals surface area contributed by atoms with E-state index in [1.807, 2.05) is 24.3 Å². The minimum Gasteiger partial charge on any atom is -0.507 e. The van der Waals surface area contributed by atoms with Gasteiger partial charge in [0.1, 0.15) is 12.3 Å². The van der Waals surface area contributed by atoms with Crippen LogP contribution in [0, 0.1) is 0 Å². The molecular formula is C20H16N2O5. The Bertz CT molecular complexity index is 1030. The molecule has 0 fully saturated rings. The van der Waals surface area contributed by atoms with Crippen LogP contribution < -0.4 is 10.6 Å². The number of nitrogens with one attached hydrogen (secondary N) is 2. The summed E-state index contributed by atoms with van der Waals surface area (Å²) in [6.45, 7) is -0.474. The number of phenolic OH excluding ortho intramolecular Hbond substituents is 1. The normalized spacial score (nSPS) is 10.4. The van der Waals surface area contributed by atoms with Crippen molar-refractivity contribution in [3.63, 3.8) is 0 Å². The molecule has 2 amide bonds. The largest absolute Gasteiger partial charge is 0.507 e. The lowest BCUT2D eigenvalue weighted by atomic mass is 10.1. The maximum Gasteiger partial charge on any atom is 0.322 e. The zero-order chi connectivity index (χ0) is 19.4. The molecule has 136 valence electrons. The number of anilines is 1. The molecule has 4 N–H and O–H groups in total. The summed E-state index contributed by atoms with van der Waals surface area (Å²) in [4.78, 5) is 34.7. The number of hydrogen-bond donors (Lipinski definition) is 4. The molecule has 3 aromatic rings. The molecule has 0 unspecified atom stereocenters. The number of rotatable bonds is 5. The van der Waals surface area contributed by atoms with Crippen LogP contribution in [0.1, 0.15) is 20.7 Å². The molecule has 0 spiro atoms. The number of aromatic hydroxyl groups is 1. The lowest BCUT2D eigenvalue weighted by Gasteiger charge is -2.09. The van der Waals surface area contributed by atoms with E-state index in [1.165, 1.54) is 30.3 Å². The number of fused-ring (bicyclic) bond motifs is 1. The minimum absolute atomic E-state index is 0.129. The number of benzene rings is 3. The minimum atomic E-state index is -1.14. The molecule has 3 rings (SSSR count). The molecule has 7 nitrogen and oxygen atoms in total. The van der Waals surface area contributed by atoms with Crippen molar-refractivity contribution in [1.29, 1.82) is 0 Å². The first kappa shape index (κ1) is 17.9. The maximum absolute atomic E-state index is 12.5. The molecular weight excluding hydrogens is 348 g/mol. The van der Waals surface area contributed by atoms with Crippen molar-refractivity contribution in [2.24, 2.45) is 0 Å². The third-order valence-electron chi connectivity index (χ3n) is 3.91. The smallest absolute Gasteiger partial charge is 0.322 e. The van der Waals surface area contributed by atoms with Gasteiger partial charge in [0.15, 0.2) is 0 Å². The van der Waals surface area contributed by atoms with Crippen LogP contribution in [0.4, 0.5) is 5.69 Å². The molecule has 27 heavy (non-hydrogen) atoms. The van der Waals surface area contributed by atoms with Crippen molar-refractivity contribution in [1.82, 2.24) is 5.32 Å². The molecule has 0 saturated heterocycles. The topological polar surface area (TPSA) is 116 Å². The van der Waals surface area contributed by atoms with Gasteiger partial charge in [-0.15, -0.1) is 0 Å². The van der Waals surface area contributed by atoms with Gasteiger partial charge in [0.05, 0.1) is 5.56 Å². The monoisotopic (exact) mass is 364 g/mol. The Kier molecular flexibility index (Phi) is 5.03. The number of carboxylic acids is 1. The Balaban J connectivity index is 1.73. The summed E-state index contributed by atoms with van der Waals surface area (Å²) < 4.78 is 0. The predicted octanol–water partition coefficient (Wildman–Crippen LogP) is 2.61. The first-order valence-electron chi connectivity index (χ1n) is 8.07. The Hall–Kier alpha value is -3.87. The molecule has 0 radical (unpaired) electrons. The van der Waals surface area contributed by atoms with Gasteiger partial charge in [-0.1, -0.05) is 24.3 Å².